The Labute approximate surface area is 556 Å². The van der Waals surface area contributed by atoms with Crippen LogP contribution in [-0.2, 0) is 13.3 Å². The molecule has 0 spiro atoms. The lowest BCUT2D eigenvalue weighted by Gasteiger charge is -2.50. The molecule has 0 radical (unpaired) electrons. The van der Waals surface area contributed by atoms with E-state index in [9.17, 15) is 285 Å². The van der Waals surface area contributed by atoms with Crippen LogP contribution in [-0.4, -0.2) is 217 Å². The molecule has 1 unspecified atom stereocenters. The standard InChI is InChI=1S/C35F74O3Si/c36-1(37,2(38,39)4(42,43)8(50,51)12(58,59)16(66,67)20(74,75)24(82,83)28(89,90)91)3(40,41)5(44,45)10(54,55)14(62,63)18(70,71)22(78,79)26(86,87)35(108,109)113(111-33(104,105)31(98,99)100,112-34(106,107)32(101,102)103)110-27(88,30(95,96)97)23(80,81)19(72,73)15(64,65)11(56,57)7(48,49)6(46,47)9(52,53)13(60,61)17(68,69)21(76,77)25(84,85)29(92,93)94. The molecule has 0 bridgehead atoms. The normalized spacial score (nSPS) is 18.0. The van der Waals surface area contributed by atoms with E-state index < -0.39 is 217 Å². The van der Waals surface area contributed by atoms with Crippen molar-refractivity contribution in [3.8, 4) is 0 Å². The predicted octanol–water partition coefficient (Wildman–Crippen LogP) is 23.3. The van der Waals surface area contributed by atoms with Crippen LogP contribution in [0.5, 0.6) is 0 Å². The van der Waals surface area contributed by atoms with Gasteiger partial charge in [-0.1, -0.05) is 0 Å². The number of rotatable bonds is 33. The molecule has 78 heteroatoms. The van der Waals surface area contributed by atoms with Crippen molar-refractivity contribution < 1.29 is 338 Å². The van der Waals surface area contributed by atoms with Crippen LogP contribution in [0, 0.1) is 0 Å². The zero-order chi connectivity index (χ0) is 94.1. The maximum atomic E-state index is 15.9. The van der Waals surface area contributed by atoms with Crippen LogP contribution >= 0.6 is 0 Å². The summed E-state index contributed by atoms with van der Waals surface area (Å²) in [6, 6.07) is 0. The molecule has 0 aromatic rings. The second kappa shape index (κ2) is 26.2. The molecule has 0 N–H and O–H groups in total. The summed E-state index contributed by atoms with van der Waals surface area (Å²) in [6.07, 6.45) is -68.8. The van der Waals surface area contributed by atoms with Gasteiger partial charge in [0.1, 0.15) is 0 Å². The second-order valence-electron chi connectivity index (χ2n) is 20.5. The molecular weight excluding hydrogens is 1900 g/mol. The first-order valence-corrected chi connectivity index (χ1v) is 24.9. The van der Waals surface area contributed by atoms with E-state index in [1.165, 1.54) is 0 Å². The van der Waals surface area contributed by atoms with Crippen molar-refractivity contribution in [2.75, 3.05) is 0 Å². The van der Waals surface area contributed by atoms with Gasteiger partial charge < -0.3 is 13.3 Å². The molecule has 0 fully saturated rings. The SMILES string of the molecule is FC(F)(F)C(F)(F)O[Si](OC(F)(F)C(F)(F)F)(OC(F)(C(F)(F)F)C(F)(F)C(F)(F)C(F)(F)C(F)(F)C(F)(F)C(F)(F)C(F)(F)C(F)(F)C(F)(F)C(F)(F)C(F)(F)C(F)(F)F)C(F)(F)C(F)(F)C(F)(F)C(F)(F)C(F)(F)C(F)(F)C(F)(F)C(F)(F)C(F)(F)C(F)(F)C(F)(F)C(F)(F)C(F)(F)C(F)(F)C(F)(F)C(F)(F)C(F)(F)F. The van der Waals surface area contributed by atoms with E-state index in [0.717, 1.165) is 0 Å². The van der Waals surface area contributed by atoms with Crippen molar-refractivity contribution >= 4 is 8.80 Å². The van der Waals surface area contributed by atoms with Gasteiger partial charge in [-0.3, -0.25) is 0 Å². The highest BCUT2D eigenvalue weighted by Gasteiger charge is 3.07. The van der Waals surface area contributed by atoms with E-state index in [4.69, 9.17) is 0 Å². The van der Waals surface area contributed by atoms with Crippen LogP contribution < -0.4 is 0 Å². The van der Waals surface area contributed by atoms with E-state index in [-0.39, 0.29) is 13.3 Å². The third-order valence-electron chi connectivity index (χ3n) is 13.2. The molecule has 0 aromatic carbocycles. The average Bonchev–Trinajstić information content (AvgIpc) is 0.675. The molecule has 0 aliphatic rings. The maximum absolute atomic E-state index is 15.9. The van der Waals surface area contributed by atoms with Crippen LogP contribution in [0.15, 0.2) is 0 Å². The zero-order valence-electron chi connectivity index (χ0n) is 47.2. The van der Waals surface area contributed by atoms with Crippen molar-refractivity contribution in [3.63, 3.8) is 0 Å². The summed E-state index contributed by atoms with van der Waals surface area (Å²) in [4.78, 5) is 0. The summed E-state index contributed by atoms with van der Waals surface area (Å²) in [5, 5.41) is 0. The average molecular weight is 1900 g/mol. The molecule has 1 atom stereocenters. The number of halogens is 74. The lowest BCUT2D eigenvalue weighted by molar-refractivity contribution is -0.497. The molecule has 680 valence electrons. The largest absolute Gasteiger partial charge is 0.594 e. The van der Waals surface area contributed by atoms with Gasteiger partial charge in [-0.15, -0.1) is 0 Å². The lowest BCUT2D eigenvalue weighted by atomic mass is 9.82. The van der Waals surface area contributed by atoms with E-state index in [2.05, 4.69) is 0 Å². The minimum Gasteiger partial charge on any atom is -0.324 e. The van der Waals surface area contributed by atoms with Gasteiger partial charge >= 0.3 is 217 Å². The van der Waals surface area contributed by atoms with Gasteiger partial charge in [0.2, 0.25) is 0 Å². The van der Waals surface area contributed by atoms with Crippen molar-refractivity contribution in [1.29, 1.82) is 0 Å². The molecule has 0 amide bonds. The van der Waals surface area contributed by atoms with Crippen LogP contribution in [0.2, 0.25) is 0 Å². The van der Waals surface area contributed by atoms with Gasteiger partial charge in [-0.05, 0) is 0 Å². The first-order chi connectivity index (χ1) is 47.1. The first kappa shape index (κ1) is 108. The molecule has 0 saturated carbocycles. The summed E-state index contributed by atoms with van der Waals surface area (Å²) in [5.41, 5.74) is -12.1. The van der Waals surface area contributed by atoms with Gasteiger partial charge in [-0.25, -0.2) is 0 Å². The molecule has 0 aromatic heterocycles. The molecular formula is C35F74O3Si. The van der Waals surface area contributed by atoms with Crippen molar-refractivity contribution in [1.82, 2.24) is 0 Å². The Bertz CT molecular complexity index is 3340. The Morgan fingerprint density at radius 2 is 0.221 bits per heavy atom. The van der Waals surface area contributed by atoms with Crippen molar-refractivity contribution in [3.05, 3.63) is 0 Å². The minimum absolute atomic E-state index is 0.0474. The van der Waals surface area contributed by atoms with Gasteiger partial charge in [0, 0.05) is 0 Å². The van der Waals surface area contributed by atoms with E-state index in [1.807, 2.05) is 0 Å². The second-order valence-corrected chi connectivity index (χ2v) is 22.8. The summed E-state index contributed by atoms with van der Waals surface area (Å²) >= 11 is 0. The van der Waals surface area contributed by atoms with Crippen molar-refractivity contribution in [2.45, 2.75) is 208 Å². The highest BCUT2D eigenvalue weighted by Crippen LogP contribution is 2.75. The topological polar surface area (TPSA) is 27.7 Å². The van der Waals surface area contributed by atoms with Gasteiger partial charge in [0.15, 0.2) is 0 Å². The van der Waals surface area contributed by atoms with Gasteiger partial charge in [-0.2, -0.15) is 325 Å². The number of hydrogen-bond donors (Lipinski definition) is 0. The molecule has 3 nitrogen and oxygen atoms in total. The highest BCUT2D eigenvalue weighted by molar-refractivity contribution is 6.64. The van der Waals surface area contributed by atoms with E-state index >= 15 is 39.5 Å². The summed E-state index contributed by atoms with van der Waals surface area (Å²) in [5.74, 6) is -300. The quantitative estimate of drug-likeness (QED) is 0.0484. The Morgan fingerprint density at radius 3 is 0.336 bits per heavy atom. The Kier molecular flexibility index (Phi) is 25.0. The fourth-order valence-electron chi connectivity index (χ4n) is 6.48. The minimum atomic E-state index is -14.5. The van der Waals surface area contributed by atoms with Gasteiger partial charge in [0.05, 0.1) is 0 Å². The Balaban J connectivity index is 9.93. The van der Waals surface area contributed by atoms with Crippen molar-refractivity contribution in [2.24, 2.45) is 0 Å². The molecule has 113 heavy (non-hydrogen) atoms. The number of hydrogen-bond acceptors (Lipinski definition) is 3. The van der Waals surface area contributed by atoms with Gasteiger partial charge in [0.25, 0.3) is 0 Å². The number of alkyl halides is 74. The first-order valence-electron chi connectivity index (χ1n) is 23.2. The summed E-state index contributed by atoms with van der Waals surface area (Å²) < 4.78 is 1040. The maximum Gasteiger partial charge on any atom is 0.594 e. The zero-order valence-corrected chi connectivity index (χ0v) is 48.2. The Hall–Kier alpha value is -5.08. The highest BCUT2D eigenvalue weighted by atomic mass is 28.4. The molecule has 0 rings (SSSR count). The smallest absolute Gasteiger partial charge is 0.324 e. The van der Waals surface area contributed by atoms with Crippen LogP contribution in [0.3, 0.4) is 0 Å². The molecule has 0 aliphatic carbocycles. The fraction of sp³-hybridized carbons (Fsp3) is 1.00. The van der Waals surface area contributed by atoms with Crippen LogP contribution in [0.4, 0.5) is 325 Å². The monoisotopic (exact) mass is 1900 g/mol. The third-order valence-corrected chi connectivity index (χ3v) is 15.9. The van der Waals surface area contributed by atoms with E-state index in [0.29, 0.717) is 0 Å². The van der Waals surface area contributed by atoms with Crippen LogP contribution in [0.25, 0.3) is 0 Å². The lowest BCUT2D eigenvalue weighted by Crippen LogP contribution is -2.84. The Morgan fingerprint density at radius 1 is 0.106 bits per heavy atom. The van der Waals surface area contributed by atoms with Crippen LogP contribution in [0.1, 0.15) is 0 Å². The molecule has 0 saturated heterocycles. The molecule has 0 heterocycles. The predicted molar refractivity (Wildman–Crippen MR) is 187 cm³/mol. The van der Waals surface area contributed by atoms with E-state index in [1.54, 1.807) is 0 Å². The fourth-order valence-corrected chi connectivity index (χ4v) is 9.05. The molecule has 0 aliphatic heterocycles. The third kappa shape index (κ3) is 13.0. The summed E-state index contributed by atoms with van der Waals surface area (Å²) in [6.45, 7) is 0. The summed E-state index contributed by atoms with van der Waals surface area (Å²) in [7, 11) is -14.5.